The number of hydrogen-bond donors (Lipinski definition) is 1. The van der Waals surface area contributed by atoms with Gasteiger partial charge in [-0.05, 0) is 31.7 Å². The molecular weight excluding hydrogens is 228 g/mol. The summed E-state index contributed by atoms with van der Waals surface area (Å²) in [5.74, 6) is 0.394. The highest BCUT2D eigenvalue weighted by molar-refractivity contribution is 5.67. The summed E-state index contributed by atoms with van der Waals surface area (Å²) < 4.78 is 5.32. The van der Waals surface area contributed by atoms with Gasteiger partial charge < -0.3 is 15.0 Å². The number of hydrogen-bond acceptors (Lipinski definition) is 3. The van der Waals surface area contributed by atoms with Crippen molar-refractivity contribution in [2.45, 2.75) is 52.5 Å². The number of ether oxygens (including phenoxy) is 1. The van der Waals surface area contributed by atoms with Gasteiger partial charge in [0.05, 0.1) is 6.61 Å². The molecule has 0 bridgehead atoms. The molecule has 1 fully saturated rings. The van der Waals surface area contributed by atoms with E-state index in [1.807, 2.05) is 4.90 Å². The van der Waals surface area contributed by atoms with Crippen molar-refractivity contribution in [2.75, 3.05) is 26.2 Å². The highest BCUT2D eigenvalue weighted by Gasteiger charge is 2.21. The fraction of sp³-hybridized carbons (Fsp3) is 0.929. The largest absolute Gasteiger partial charge is 0.449 e. The van der Waals surface area contributed by atoms with Crippen LogP contribution in [-0.2, 0) is 4.74 Å². The van der Waals surface area contributed by atoms with Gasteiger partial charge in [-0.1, -0.05) is 27.2 Å². The Labute approximate surface area is 111 Å². The predicted octanol–water partition coefficient (Wildman–Crippen LogP) is 2.63. The second kappa shape index (κ2) is 8.35. The zero-order valence-corrected chi connectivity index (χ0v) is 12.1. The molecule has 18 heavy (non-hydrogen) atoms. The molecule has 0 saturated carbocycles. The lowest BCUT2D eigenvalue weighted by Crippen LogP contribution is -2.46. The van der Waals surface area contributed by atoms with E-state index in [-0.39, 0.29) is 6.09 Å². The Balaban J connectivity index is 2.39. The Morgan fingerprint density at radius 3 is 2.78 bits per heavy atom. The fourth-order valence-corrected chi connectivity index (χ4v) is 2.20. The van der Waals surface area contributed by atoms with Crippen LogP contribution in [0.1, 0.15) is 46.5 Å². The predicted molar refractivity (Wildman–Crippen MR) is 73.7 cm³/mol. The molecule has 0 aromatic rings. The Morgan fingerprint density at radius 2 is 2.22 bits per heavy atom. The van der Waals surface area contributed by atoms with E-state index in [0.717, 1.165) is 32.5 Å². The van der Waals surface area contributed by atoms with Crippen LogP contribution in [0.5, 0.6) is 0 Å². The molecule has 4 heteroatoms. The number of amides is 1. The molecule has 0 aromatic heterocycles. The molecule has 0 radical (unpaired) electrons. The molecule has 106 valence electrons. The summed E-state index contributed by atoms with van der Waals surface area (Å²) in [5.41, 5.74) is 0. The van der Waals surface area contributed by atoms with Crippen LogP contribution in [0.3, 0.4) is 0 Å². The average Bonchev–Trinajstić information content (AvgIpc) is 2.36. The summed E-state index contributed by atoms with van der Waals surface area (Å²) >= 11 is 0. The molecule has 1 aliphatic rings. The van der Waals surface area contributed by atoms with Crippen molar-refractivity contribution in [1.29, 1.82) is 0 Å². The van der Waals surface area contributed by atoms with Gasteiger partial charge in [-0.2, -0.15) is 0 Å². The Hall–Kier alpha value is -0.770. The molecule has 1 amide bonds. The number of carbonyl (C=O) groups is 1. The van der Waals surface area contributed by atoms with Crippen molar-refractivity contribution < 1.29 is 9.53 Å². The molecule has 0 spiro atoms. The number of rotatable bonds is 6. The summed E-state index contributed by atoms with van der Waals surface area (Å²) in [6.07, 6.45) is 4.50. The van der Waals surface area contributed by atoms with Crippen molar-refractivity contribution in [3.63, 3.8) is 0 Å². The zero-order valence-electron chi connectivity index (χ0n) is 12.1. The third kappa shape index (κ3) is 5.71. The molecule has 1 N–H and O–H groups in total. The maximum Gasteiger partial charge on any atom is 0.409 e. The maximum atomic E-state index is 12.0. The first-order valence-electron chi connectivity index (χ1n) is 7.28. The van der Waals surface area contributed by atoms with E-state index in [4.69, 9.17) is 4.74 Å². The molecule has 0 aromatic carbocycles. The number of nitrogens with one attached hydrogen (secondary N) is 1. The standard InChI is InChI=1S/C14H28N2O2/c1-4-9-16(14(17)18-11-12(2)3)10-13-7-5-6-8-15-13/h12-13,15H,4-11H2,1-3H3. The van der Waals surface area contributed by atoms with Gasteiger partial charge in [-0.15, -0.1) is 0 Å². The van der Waals surface area contributed by atoms with Crippen LogP contribution < -0.4 is 5.32 Å². The molecular formula is C14H28N2O2. The molecule has 1 aliphatic heterocycles. The zero-order chi connectivity index (χ0) is 13.4. The van der Waals surface area contributed by atoms with Gasteiger partial charge in [0, 0.05) is 19.1 Å². The van der Waals surface area contributed by atoms with Crippen LogP contribution in [0.2, 0.25) is 0 Å². The molecule has 0 aliphatic carbocycles. The van der Waals surface area contributed by atoms with Crippen LogP contribution in [0.4, 0.5) is 4.79 Å². The van der Waals surface area contributed by atoms with Crippen molar-refractivity contribution in [1.82, 2.24) is 10.2 Å². The van der Waals surface area contributed by atoms with Crippen molar-refractivity contribution >= 4 is 6.09 Å². The topological polar surface area (TPSA) is 41.6 Å². The third-order valence-corrected chi connectivity index (χ3v) is 3.15. The second-order valence-corrected chi connectivity index (χ2v) is 5.56. The lowest BCUT2D eigenvalue weighted by molar-refractivity contribution is 0.0871. The van der Waals surface area contributed by atoms with Crippen molar-refractivity contribution in [2.24, 2.45) is 5.92 Å². The first-order chi connectivity index (χ1) is 8.63. The van der Waals surface area contributed by atoms with Gasteiger partial charge in [0.15, 0.2) is 0 Å². The number of carbonyl (C=O) groups excluding carboxylic acids is 1. The minimum Gasteiger partial charge on any atom is -0.449 e. The fourth-order valence-electron chi connectivity index (χ4n) is 2.20. The van der Waals surface area contributed by atoms with Crippen LogP contribution in [-0.4, -0.2) is 43.3 Å². The smallest absolute Gasteiger partial charge is 0.409 e. The first kappa shape index (κ1) is 15.3. The molecule has 1 atom stereocenters. The van der Waals surface area contributed by atoms with Crippen LogP contribution in [0.25, 0.3) is 0 Å². The minimum atomic E-state index is -0.155. The first-order valence-corrected chi connectivity index (χ1v) is 7.28. The summed E-state index contributed by atoms with van der Waals surface area (Å²) in [5, 5.41) is 3.48. The molecule has 1 saturated heterocycles. The normalized spacial score (nSPS) is 19.9. The molecule has 1 heterocycles. The van der Waals surface area contributed by atoms with E-state index in [2.05, 4.69) is 26.1 Å². The van der Waals surface area contributed by atoms with Gasteiger partial charge in [-0.25, -0.2) is 4.79 Å². The monoisotopic (exact) mass is 256 g/mol. The van der Waals surface area contributed by atoms with Crippen LogP contribution >= 0.6 is 0 Å². The van der Waals surface area contributed by atoms with E-state index in [1.54, 1.807) is 0 Å². The number of nitrogens with zero attached hydrogens (tertiary/aromatic N) is 1. The third-order valence-electron chi connectivity index (χ3n) is 3.15. The van der Waals surface area contributed by atoms with Gasteiger partial charge in [0.1, 0.15) is 0 Å². The van der Waals surface area contributed by atoms with E-state index in [9.17, 15) is 4.79 Å². The molecule has 1 rings (SSSR count). The lowest BCUT2D eigenvalue weighted by atomic mass is 10.0. The second-order valence-electron chi connectivity index (χ2n) is 5.56. The van der Waals surface area contributed by atoms with Gasteiger partial charge >= 0.3 is 6.09 Å². The van der Waals surface area contributed by atoms with E-state index >= 15 is 0 Å². The van der Waals surface area contributed by atoms with Gasteiger partial charge in [0.25, 0.3) is 0 Å². The molecule has 4 nitrogen and oxygen atoms in total. The SMILES string of the molecule is CCCN(CC1CCCCN1)C(=O)OCC(C)C. The van der Waals surface area contributed by atoms with Crippen molar-refractivity contribution in [3.8, 4) is 0 Å². The maximum absolute atomic E-state index is 12.0. The highest BCUT2D eigenvalue weighted by Crippen LogP contribution is 2.10. The molecule has 1 unspecified atom stereocenters. The summed E-state index contributed by atoms with van der Waals surface area (Å²) in [4.78, 5) is 13.8. The summed E-state index contributed by atoms with van der Waals surface area (Å²) in [7, 11) is 0. The quantitative estimate of drug-likeness (QED) is 0.794. The van der Waals surface area contributed by atoms with Gasteiger partial charge in [0.2, 0.25) is 0 Å². The van der Waals surface area contributed by atoms with Crippen LogP contribution in [0, 0.1) is 5.92 Å². The van der Waals surface area contributed by atoms with Crippen molar-refractivity contribution in [3.05, 3.63) is 0 Å². The van der Waals surface area contributed by atoms with E-state index in [1.165, 1.54) is 12.8 Å². The summed E-state index contributed by atoms with van der Waals surface area (Å²) in [6.45, 7) is 9.36. The summed E-state index contributed by atoms with van der Waals surface area (Å²) in [6, 6.07) is 0.442. The van der Waals surface area contributed by atoms with E-state index < -0.39 is 0 Å². The van der Waals surface area contributed by atoms with Crippen LogP contribution in [0.15, 0.2) is 0 Å². The average molecular weight is 256 g/mol. The highest BCUT2D eigenvalue weighted by atomic mass is 16.6. The number of piperidine rings is 1. The Kier molecular flexibility index (Phi) is 7.09. The Bertz CT molecular complexity index is 238. The minimum absolute atomic E-state index is 0.155. The lowest BCUT2D eigenvalue weighted by Gasteiger charge is -2.30. The Morgan fingerprint density at radius 1 is 1.44 bits per heavy atom. The van der Waals surface area contributed by atoms with E-state index in [0.29, 0.717) is 18.6 Å². The van der Waals surface area contributed by atoms with Gasteiger partial charge in [-0.3, -0.25) is 0 Å².